The molecule has 10 rings (SSSR count). The van der Waals surface area contributed by atoms with Crippen molar-refractivity contribution in [1.82, 2.24) is 14.8 Å². The Hall–Kier alpha value is -4.39. The van der Waals surface area contributed by atoms with Gasteiger partial charge in [-0.05, 0) is 79.7 Å². The number of H-pyrrole nitrogens is 1. The van der Waals surface area contributed by atoms with Gasteiger partial charge in [0.05, 0.1) is 27.4 Å². The summed E-state index contributed by atoms with van der Waals surface area (Å²) in [5, 5.41) is 14.5. The monoisotopic (exact) mass is 792 g/mol. The van der Waals surface area contributed by atoms with Crippen LogP contribution < -0.4 is 9.64 Å². The number of ether oxygens (including phenoxy) is 4. The number of anilines is 1. The molecule has 5 aliphatic heterocycles. The lowest BCUT2D eigenvalue weighted by Gasteiger charge is -2.65. The molecule has 7 aliphatic rings. The lowest BCUT2D eigenvalue weighted by atomic mass is 9.46. The Morgan fingerprint density at radius 3 is 2.47 bits per heavy atom. The molecule has 6 heterocycles. The number of esters is 3. The van der Waals surface area contributed by atoms with Crippen molar-refractivity contribution in [3.8, 4) is 5.75 Å². The first-order chi connectivity index (χ1) is 27.9. The van der Waals surface area contributed by atoms with Gasteiger partial charge in [-0.15, -0.1) is 0 Å². The van der Waals surface area contributed by atoms with Crippen LogP contribution in [0.5, 0.6) is 5.75 Å². The van der Waals surface area contributed by atoms with Gasteiger partial charge in [-0.25, -0.2) is 4.79 Å². The molecule has 0 radical (unpaired) electrons. The maximum Gasteiger partial charge on any atom is 0.344 e. The second kappa shape index (κ2) is 12.8. The van der Waals surface area contributed by atoms with Crippen molar-refractivity contribution in [2.75, 3.05) is 59.5 Å². The van der Waals surface area contributed by atoms with Crippen molar-refractivity contribution in [2.45, 2.75) is 94.0 Å². The number of rotatable bonds is 7. The van der Waals surface area contributed by atoms with Gasteiger partial charge in [0, 0.05) is 90.9 Å². The molecule has 2 aromatic carbocycles. The Morgan fingerprint density at radius 1 is 0.983 bits per heavy atom. The molecule has 3 aromatic rings. The number of para-hydroxylation sites is 1. The van der Waals surface area contributed by atoms with Crippen LogP contribution in [-0.4, -0.2) is 116 Å². The molecule has 1 unspecified atom stereocenters. The summed E-state index contributed by atoms with van der Waals surface area (Å²) >= 11 is 0. The smallest absolute Gasteiger partial charge is 0.344 e. The summed E-state index contributed by atoms with van der Waals surface area (Å²) < 4.78 is 24.2. The third-order valence-electron chi connectivity index (χ3n) is 16.1. The van der Waals surface area contributed by atoms with E-state index in [4.69, 9.17) is 18.9 Å². The molecule has 2 saturated carbocycles. The molecule has 2 N–H and O–H groups in total. The highest BCUT2D eigenvalue weighted by molar-refractivity contribution is 5.95. The summed E-state index contributed by atoms with van der Waals surface area (Å²) in [6.45, 7) is 9.67. The van der Waals surface area contributed by atoms with Crippen LogP contribution in [0.3, 0.4) is 0 Å². The van der Waals surface area contributed by atoms with Crippen molar-refractivity contribution in [2.24, 2.45) is 23.2 Å². The zero-order valence-electron chi connectivity index (χ0n) is 34.7. The van der Waals surface area contributed by atoms with E-state index in [0.717, 1.165) is 72.4 Å². The third-order valence-corrected chi connectivity index (χ3v) is 16.1. The van der Waals surface area contributed by atoms with Crippen LogP contribution in [0.1, 0.15) is 75.3 Å². The van der Waals surface area contributed by atoms with E-state index in [1.54, 1.807) is 7.11 Å². The van der Waals surface area contributed by atoms with E-state index in [1.807, 2.05) is 30.1 Å². The molecule has 4 fully saturated rings. The summed E-state index contributed by atoms with van der Waals surface area (Å²) in [6.07, 6.45) is 4.79. The predicted octanol–water partition coefficient (Wildman–Crippen LogP) is 4.83. The highest BCUT2D eigenvalue weighted by Gasteiger charge is 2.84. The maximum atomic E-state index is 15.2. The van der Waals surface area contributed by atoms with Crippen molar-refractivity contribution in [3.05, 3.63) is 70.4 Å². The van der Waals surface area contributed by atoms with Crippen molar-refractivity contribution in [1.29, 1.82) is 0 Å². The van der Waals surface area contributed by atoms with E-state index in [9.17, 15) is 14.7 Å². The number of piperidine rings is 1. The first-order valence-electron chi connectivity index (χ1n) is 21.2. The molecular weight excluding hydrogens is 737 g/mol. The number of aliphatic hydroxyl groups is 1. The molecule has 2 bridgehead atoms. The number of nitrogens with zero attached hydrogens (tertiary/aromatic N) is 3. The van der Waals surface area contributed by atoms with Gasteiger partial charge in [0.2, 0.25) is 5.60 Å². The van der Waals surface area contributed by atoms with E-state index in [2.05, 4.69) is 52.9 Å². The number of aromatic amines is 1. The van der Waals surface area contributed by atoms with Crippen molar-refractivity contribution >= 4 is 34.5 Å². The topological polar surface area (TPSA) is 134 Å². The molecule has 0 amide bonds. The molecule has 1 spiro atoms. The fourth-order valence-electron chi connectivity index (χ4n) is 14.2. The molecule has 2 saturated heterocycles. The fourth-order valence-corrected chi connectivity index (χ4v) is 14.2. The summed E-state index contributed by atoms with van der Waals surface area (Å²) in [5.41, 5.74) is 1.56. The first-order valence-corrected chi connectivity index (χ1v) is 21.2. The lowest BCUT2D eigenvalue weighted by molar-refractivity contribution is -0.245. The second-order valence-corrected chi connectivity index (χ2v) is 18.4. The summed E-state index contributed by atoms with van der Waals surface area (Å²) in [4.78, 5) is 53.7. The number of hydrogen-bond donors (Lipinski definition) is 2. The number of hydrogen-bond acceptors (Lipinski definition) is 11. The van der Waals surface area contributed by atoms with Crippen LogP contribution in [0.25, 0.3) is 10.9 Å². The van der Waals surface area contributed by atoms with Crippen molar-refractivity contribution in [3.63, 3.8) is 0 Å². The minimum absolute atomic E-state index is 0.0392. The first kappa shape index (κ1) is 37.9. The number of carbonyl (C=O) groups is 3. The molecule has 2 aliphatic carbocycles. The maximum absolute atomic E-state index is 15.2. The Balaban J connectivity index is 1.28. The van der Waals surface area contributed by atoms with Gasteiger partial charge >= 0.3 is 17.9 Å². The highest BCUT2D eigenvalue weighted by atomic mass is 16.6. The quantitative estimate of drug-likeness (QED) is 0.194. The fraction of sp³-hybridized carbons (Fsp3) is 0.587. The molecule has 12 heteroatoms. The molecular formula is C46H56N4O8. The summed E-state index contributed by atoms with van der Waals surface area (Å²) in [7, 11) is 6.32. The Morgan fingerprint density at radius 2 is 1.76 bits per heavy atom. The van der Waals surface area contributed by atoms with Crippen LogP contribution in [0.2, 0.25) is 0 Å². The van der Waals surface area contributed by atoms with Crippen LogP contribution in [0, 0.1) is 23.2 Å². The molecule has 58 heavy (non-hydrogen) atoms. The third kappa shape index (κ3) is 4.54. The number of carbonyl (C=O) groups excluding carboxylic acids is 3. The van der Waals surface area contributed by atoms with Gasteiger partial charge in [-0.3, -0.25) is 19.4 Å². The SMILES string of the molecule is CCC1=C[C@@H]2CN(C1)Cc1c([nH]c3ccccc13)[C@@](C(=O)OC)(c1cc3c(cc1OC)N(C)[C@H]1[C@@](O)(C(=O)OC)[C@H](OC(C)=O)[C@]4(CC)[C@@H]5C[C@@H]5CN5CC[C@]31[C@@H]54)C2. The average Bonchev–Trinajstić information content (AvgIpc) is 3.70. The molecule has 12 nitrogen and oxygen atoms in total. The molecule has 11 atom stereocenters. The van der Waals surface area contributed by atoms with Gasteiger partial charge in [0.1, 0.15) is 11.2 Å². The summed E-state index contributed by atoms with van der Waals surface area (Å²) in [5.74, 6) is -0.636. The van der Waals surface area contributed by atoms with Crippen LogP contribution in [0.4, 0.5) is 5.69 Å². The highest BCUT2D eigenvalue weighted by Crippen LogP contribution is 2.74. The Kier molecular flexibility index (Phi) is 8.36. The van der Waals surface area contributed by atoms with E-state index in [1.165, 1.54) is 26.7 Å². The summed E-state index contributed by atoms with van der Waals surface area (Å²) in [6, 6.07) is 11.4. The standard InChI is InChI=1S/C46H56N4O8/c1-8-26-16-27-20-45(41(52)56-6,37-30(24-49(21-26)22-27)29-12-10-11-13-34(29)47-37)33-18-32-35(19-36(33)55-5)48(4)39-44(32)14-15-50-23-28-17-31(28)43(9-2,38(44)50)40(58-25(3)51)46(39,54)42(53)57-7/h10-13,16,18-19,27-28,31,38-40,47,54H,8-9,14-15,17,20-24H2,1-7H3/t27-,28+,31+,38-,39+,40+,43+,44+,45-,46-/m0/s1. The number of methoxy groups -OCH3 is 3. The van der Waals surface area contributed by atoms with Gasteiger partial charge in [0.25, 0.3) is 0 Å². The number of likely N-dealkylation sites (N-methyl/N-ethyl adjacent to an activating group) is 1. The van der Waals surface area contributed by atoms with E-state index in [-0.39, 0.29) is 23.8 Å². The van der Waals surface area contributed by atoms with Crippen LogP contribution >= 0.6 is 0 Å². The predicted molar refractivity (Wildman–Crippen MR) is 217 cm³/mol. The average molecular weight is 793 g/mol. The van der Waals surface area contributed by atoms with Gasteiger partial charge in [-0.2, -0.15) is 0 Å². The largest absolute Gasteiger partial charge is 0.496 e. The van der Waals surface area contributed by atoms with Gasteiger partial charge in [0.15, 0.2) is 6.10 Å². The number of fused-ring (bicyclic) bond motifs is 8. The number of benzene rings is 2. The minimum atomic E-state index is -2.22. The Bertz CT molecular complexity index is 2290. The van der Waals surface area contributed by atoms with Gasteiger partial charge in [-0.1, -0.05) is 43.7 Å². The zero-order valence-corrected chi connectivity index (χ0v) is 34.7. The van der Waals surface area contributed by atoms with E-state index < -0.39 is 45.9 Å². The molecule has 308 valence electrons. The lowest BCUT2D eigenvalue weighted by Crippen LogP contribution is -2.82. The second-order valence-electron chi connectivity index (χ2n) is 18.4. The van der Waals surface area contributed by atoms with Crippen molar-refractivity contribution < 1.29 is 38.4 Å². The van der Waals surface area contributed by atoms with Crippen LogP contribution in [-0.2, 0) is 46.0 Å². The normalized spacial score (nSPS) is 37.9. The zero-order chi connectivity index (χ0) is 40.7. The van der Waals surface area contributed by atoms with Gasteiger partial charge < -0.3 is 33.9 Å². The van der Waals surface area contributed by atoms with Crippen LogP contribution in [0.15, 0.2) is 48.0 Å². The number of aromatic nitrogens is 1. The Labute approximate surface area is 339 Å². The number of nitrogens with one attached hydrogen (secondary N) is 1. The molecule has 1 aromatic heterocycles. The van der Waals surface area contributed by atoms with E-state index in [0.29, 0.717) is 43.0 Å². The minimum Gasteiger partial charge on any atom is -0.496 e. The van der Waals surface area contributed by atoms with E-state index >= 15 is 4.79 Å².